The molecule has 9 nitrogen and oxygen atoms in total. The Bertz CT molecular complexity index is 1120. The SMILES string of the molecule is Nc1nc(-c2nn(Cc3ccccc3F)c3c2CCCC3)nc(N)c1NC(=O)C=O. The summed E-state index contributed by atoms with van der Waals surface area (Å²) in [5.74, 6) is -1.11. The van der Waals surface area contributed by atoms with Gasteiger partial charge >= 0.3 is 0 Å². The number of rotatable bonds is 5. The van der Waals surface area contributed by atoms with Gasteiger partial charge < -0.3 is 16.8 Å². The second kappa shape index (κ2) is 7.90. The highest BCUT2D eigenvalue weighted by Crippen LogP contribution is 2.33. The molecule has 0 saturated carbocycles. The van der Waals surface area contributed by atoms with E-state index in [1.165, 1.54) is 6.07 Å². The Kier molecular flexibility index (Phi) is 5.13. The summed E-state index contributed by atoms with van der Waals surface area (Å²) in [6, 6.07) is 6.57. The van der Waals surface area contributed by atoms with Crippen LogP contribution in [0, 0.1) is 5.82 Å². The van der Waals surface area contributed by atoms with E-state index in [4.69, 9.17) is 11.5 Å². The normalized spacial score (nSPS) is 13.0. The lowest BCUT2D eigenvalue weighted by Gasteiger charge is -2.14. The maximum atomic E-state index is 14.2. The molecule has 0 atom stereocenters. The van der Waals surface area contributed by atoms with E-state index in [1.54, 1.807) is 22.9 Å². The fourth-order valence-electron chi connectivity index (χ4n) is 3.65. The molecule has 1 aliphatic carbocycles. The van der Waals surface area contributed by atoms with E-state index in [1.807, 2.05) is 0 Å². The number of nitrogen functional groups attached to an aromatic ring is 2. The molecule has 0 unspecified atom stereocenters. The number of hydrogen-bond acceptors (Lipinski definition) is 7. The molecule has 2 heterocycles. The van der Waals surface area contributed by atoms with Crippen molar-refractivity contribution >= 4 is 29.5 Å². The third-order valence-corrected chi connectivity index (χ3v) is 5.07. The largest absolute Gasteiger partial charge is 0.382 e. The summed E-state index contributed by atoms with van der Waals surface area (Å²) in [6.07, 6.45) is 3.71. The molecule has 3 aromatic rings. The van der Waals surface area contributed by atoms with Gasteiger partial charge in [0.1, 0.15) is 17.2 Å². The van der Waals surface area contributed by atoms with Gasteiger partial charge in [0.05, 0.1) is 6.54 Å². The molecule has 2 aromatic heterocycles. The van der Waals surface area contributed by atoms with E-state index in [0.29, 0.717) is 11.3 Å². The average molecular weight is 409 g/mol. The van der Waals surface area contributed by atoms with Crippen LogP contribution in [-0.2, 0) is 29.0 Å². The van der Waals surface area contributed by atoms with Crippen molar-refractivity contribution in [3.05, 3.63) is 46.9 Å². The van der Waals surface area contributed by atoms with Crippen molar-refractivity contribution in [2.75, 3.05) is 16.8 Å². The molecule has 0 spiro atoms. The fourth-order valence-corrected chi connectivity index (χ4v) is 3.65. The van der Waals surface area contributed by atoms with Gasteiger partial charge in [-0.2, -0.15) is 5.10 Å². The Morgan fingerprint density at radius 3 is 2.57 bits per heavy atom. The third-order valence-electron chi connectivity index (χ3n) is 5.07. The van der Waals surface area contributed by atoms with E-state index in [-0.39, 0.29) is 41.8 Å². The summed E-state index contributed by atoms with van der Waals surface area (Å²) in [4.78, 5) is 30.4. The van der Waals surface area contributed by atoms with Crippen LogP contribution in [-0.4, -0.2) is 31.9 Å². The zero-order valence-electron chi connectivity index (χ0n) is 16.1. The number of benzene rings is 1. The van der Waals surface area contributed by atoms with Crippen LogP contribution in [0.1, 0.15) is 29.7 Å². The second-order valence-electron chi connectivity index (χ2n) is 7.03. The van der Waals surface area contributed by atoms with Gasteiger partial charge in [-0.05, 0) is 31.7 Å². The summed E-state index contributed by atoms with van der Waals surface area (Å²) in [6.45, 7) is 0.285. The summed E-state index contributed by atoms with van der Waals surface area (Å²) in [5.41, 5.74) is 14.9. The van der Waals surface area contributed by atoms with E-state index < -0.39 is 5.91 Å². The van der Waals surface area contributed by atoms with Gasteiger partial charge in [0.15, 0.2) is 17.5 Å². The number of carbonyl (C=O) groups is 2. The summed E-state index contributed by atoms with van der Waals surface area (Å²) >= 11 is 0. The van der Waals surface area contributed by atoms with Gasteiger partial charge in [-0.3, -0.25) is 14.3 Å². The number of nitrogens with one attached hydrogen (secondary N) is 1. The van der Waals surface area contributed by atoms with Crippen LogP contribution in [0.3, 0.4) is 0 Å². The van der Waals surface area contributed by atoms with Gasteiger partial charge in [0, 0.05) is 16.8 Å². The number of halogens is 1. The van der Waals surface area contributed by atoms with Gasteiger partial charge in [0.2, 0.25) is 6.29 Å². The number of carbonyl (C=O) groups excluding carboxylic acids is 2. The number of hydrogen-bond donors (Lipinski definition) is 3. The lowest BCUT2D eigenvalue weighted by Crippen LogP contribution is -2.17. The highest BCUT2D eigenvalue weighted by molar-refractivity contribution is 6.30. The predicted molar refractivity (Wildman–Crippen MR) is 109 cm³/mol. The van der Waals surface area contributed by atoms with Gasteiger partial charge in [-0.25, -0.2) is 14.4 Å². The van der Waals surface area contributed by atoms with Crippen LogP contribution in [0.15, 0.2) is 24.3 Å². The van der Waals surface area contributed by atoms with Crippen molar-refractivity contribution in [1.82, 2.24) is 19.7 Å². The molecule has 30 heavy (non-hydrogen) atoms. The van der Waals surface area contributed by atoms with Crippen molar-refractivity contribution in [1.29, 1.82) is 0 Å². The Hall–Kier alpha value is -3.82. The fraction of sp³-hybridized carbons (Fsp3) is 0.250. The lowest BCUT2D eigenvalue weighted by molar-refractivity contribution is -0.127. The minimum absolute atomic E-state index is 0.0180. The predicted octanol–water partition coefficient (Wildman–Crippen LogP) is 1.71. The van der Waals surface area contributed by atoms with E-state index in [2.05, 4.69) is 20.4 Å². The highest BCUT2D eigenvalue weighted by atomic mass is 19.1. The topological polar surface area (TPSA) is 142 Å². The monoisotopic (exact) mass is 409 g/mol. The van der Waals surface area contributed by atoms with Crippen LogP contribution in [0.2, 0.25) is 0 Å². The standard InChI is InChI=1S/C20H20FN7O2/c21-13-7-3-1-5-11(13)9-28-14-8-4-2-6-12(14)16(27-28)20-25-18(22)17(19(23)26-20)24-15(30)10-29/h1,3,5,7,10H,2,4,6,8-9H2,(H,24,30)(H4,22,23,25,26). The quantitative estimate of drug-likeness (QED) is 0.430. The molecule has 0 bridgehead atoms. The molecular formula is C20H20FN7O2. The van der Waals surface area contributed by atoms with Crippen molar-refractivity contribution in [2.45, 2.75) is 32.2 Å². The molecule has 1 aliphatic rings. The molecule has 1 aromatic carbocycles. The first-order chi connectivity index (χ1) is 14.5. The Morgan fingerprint density at radius 2 is 1.87 bits per heavy atom. The maximum Gasteiger partial charge on any atom is 0.288 e. The lowest BCUT2D eigenvalue weighted by atomic mass is 9.95. The number of fused-ring (bicyclic) bond motifs is 1. The minimum atomic E-state index is -0.906. The summed E-state index contributed by atoms with van der Waals surface area (Å²) < 4.78 is 15.9. The molecule has 10 heteroatoms. The molecule has 154 valence electrons. The van der Waals surface area contributed by atoms with Gasteiger partial charge in [0.25, 0.3) is 5.91 Å². The van der Waals surface area contributed by atoms with Crippen LogP contribution >= 0.6 is 0 Å². The molecule has 0 fully saturated rings. The number of aldehydes is 1. The van der Waals surface area contributed by atoms with Crippen molar-refractivity contribution in [2.24, 2.45) is 0 Å². The number of nitrogens with zero attached hydrogens (tertiary/aromatic N) is 4. The summed E-state index contributed by atoms with van der Waals surface area (Å²) in [5, 5.41) is 6.92. The molecule has 0 radical (unpaired) electrons. The van der Waals surface area contributed by atoms with Crippen LogP contribution in [0.25, 0.3) is 11.5 Å². The Balaban J connectivity index is 1.76. The van der Waals surface area contributed by atoms with Crippen LogP contribution in [0.4, 0.5) is 21.7 Å². The third kappa shape index (κ3) is 3.59. The van der Waals surface area contributed by atoms with Crippen LogP contribution in [0.5, 0.6) is 0 Å². The molecular weight excluding hydrogens is 389 g/mol. The Morgan fingerprint density at radius 1 is 1.17 bits per heavy atom. The highest BCUT2D eigenvalue weighted by Gasteiger charge is 2.25. The molecule has 4 rings (SSSR count). The second-order valence-corrected chi connectivity index (χ2v) is 7.03. The molecule has 0 aliphatic heterocycles. The Labute approximate surface area is 171 Å². The smallest absolute Gasteiger partial charge is 0.288 e. The zero-order chi connectivity index (χ0) is 21.3. The maximum absolute atomic E-state index is 14.2. The number of anilines is 3. The molecule has 0 saturated heterocycles. The minimum Gasteiger partial charge on any atom is -0.382 e. The first-order valence-corrected chi connectivity index (χ1v) is 9.49. The van der Waals surface area contributed by atoms with Gasteiger partial charge in [-0.15, -0.1) is 0 Å². The molecule has 1 amide bonds. The number of nitrogens with two attached hydrogens (primary N) is 2. The van der Waals surface area contributed by atoms with Crippen molar-refractivity contribution in [3.8, 4) is 11.5 Å². The van der Waals surface area contributed by atoms with E-state index in [0.717, 1.165) is 36.9 Å². The van der Waals surface area contributed by atoms with E-state index in [9.17, 15) is 14.0 Å². The van der Waals surface area contributed by atoms with Crippen molar-refractivity contribution in [3.63, 3.8) is 0 Å². The zero-order valence-corrected chi connectivity index (χ0v) is 16.1. The first kappa shape index (κ1) is 19.5. The first-order valence-electron chi connectivity index (χ1n) is 9.49. The average Bonchev–Trinajstić information content (AvgIpc) is 3.10. The number of aromatic nitrogens is 4. The van der Waals surface area contributed by atoms with E-state index >= 15 is 0 Å². The number of amides is 1. The summed E-state index contributed by atoms with van der Waals surface area (Å²) in [7, 11) is 0. The van der Waals surface area contributed by atoms with Gasteiger partial charge in [-0.1, -0.05) is 18.2 Å². The molecule has 5 N–H and O–H groups in total. The van der Waals surface area contributed by atoms with Crippen molar-refractivity contribution < 1.29 is 14.0 Å². The van der Waals surface area contributed by atoms with Crippen LogP contribution < -0.4 is 16.8 Å².